The summed E-state index contributed by atoms with van der Waals surface area (Å²) in [7, 11) is 1.65. The zero-order chi connectivity index (χ0) is 24.7. The van der Waals surface area contributed by atoms with Crippen molar-refractivity contribution in [1.82, 2.24) is 14.5 Å². The highest BCUT2D eigenvalue weighted by Crippen LogP contribution is 2.31. The standard InChI is InChI=1S/C27H34ClN3O4/c1-21-5-7-23(28)25(15-21)35-19-27(32)9-3-11-31(18-27)17-22-6-8-24(33-2)26(16-22)34-14-4-12-30-13-10-29-20-30/h5-8,10,13,15-16,20,32H,3-4,9,11-12,14,17-19H2,1-2H3. The Morgan fingerprint density at radius 3 is 2.80 bits per heavy atom. The number of aryl methyl sites for hydroxylation is 2. The lowest BCUT2D eigenvalue weighted by Crippen LogP contribution is -2.51. The summed E-state index contributed by atoms with van der Waals surface area (Å²) in [5.41, 5.74) is 1.26. The van der Waals surface area contributed by atoms with Gasteiger partial charge in [-0.15, -0.1) is 0 Å². The minimum absolute atomic E-state index is 0.209. The van der Waals surface area contributed by atoms with E-state index in [1.165, 1.54) is 0 Å². The Labute approximate surface area is 212 Å². The fourth-order valence-electron chi connectivity index (χ4n) is 4.43. The van der Waals surface area contributed by atoms with Crippen LogP contribution in [-0.2, 0) is 13.1 Å². The number of benzene rings is 2. The van der Waals surface area contributed by atoms with E-state index < -0.39 is 5.60 Å². The highest BCUT2D eigenvalue weighted by Gasteiger charge is 2.34. The number of β-amino-alcohol motifs (C(OH)–C–C–N with tert-alkyl or cyclic N) is 1. The maximum absolute atomic E-state index is 11.2. The molecule has 1 atom stereocenters. The number of hydrogen-bond donors (Lipinski definition) is 1. The van der Waals surface area contributed by atoms with Crippen LogP contribution in [0.2, 0.25) is 5.02 Å². The molecule has 0 radical (unpaired) electrons. The molecule has 0 bridgehead atoms. The highest BCUT2D eigenvalue weighted by molar-refractivity contribution is 6.32. The van der Waals surface area contributed by atoms with E-state index in [0.29, 0.717) is 36.9 Å². The molecule has 7 nitrogen and oxygen atoms in total. The number of rotatable bonds is 11. The molecular weight excluding hydrogens is 466 g/mol. The second kappa shape index (κ2) is 11.8. The van der Waals surface area contributed by atoms with Crippen molar-refractivity contribution in [2.75, 3.05) is 33.4 Å². The first-order valence-corrected chi connectivity index (χ1v) is 12.4. The van der Waals surface area contributed by atoms with Crippen LogP contribution in [0.4, 0.5) is 0 Å². The van der Waals surface area contributed by atoms with Gasteiger partial charge in [0, 0.05) is 32.0 Å². The molecule has 1 unspecified atom stereocenters. The molecule has 1 aromatic heterocycles. The summed E-state index contributed by atoms with van der Waals surface area (Å²) in [5, 5.41) is 11.8. The Bertz CT molecular complexity index is 1090. The predicted molar refractivity (Wildman–Crippen MR) is 136 cm³/mol. The molecule has 1 aliphatic rings. The van der Waals surface area contributed by atoms with Crippen molar-refractivity contribution < 1.29 is 19.3 Å². The van der Waals surface area contributed by atoms with Crippen LogP contribution in [0.3, 0.4) is 0 Å². The topological polar surface area (TPSA) is 69.0 Å². The smallest absolute Gasteiger partial charge is 0.161 e. The third kappa shape index (κ3) is 7.13. The average Bonchev–Trinajstić information content (AvgIpc) is 3.36. The van der Waals surface area contributed by atoms with Crippen molar-refractivity contribution in [3.63, 3.8) is 0 Å². The van der Waals surface area contributed by atoms with Crippen molar-refractivity contribution in [2.45, 2.75) is 44.9 Å². The lowest BCUT2D eigenvalue weighted by molar-refractivity contribution is -0.0621. The number of aliphatic hydroxyl groups is 1. The van der Waals surface area contributed by atoms with Gasteiger partial charge in [-0.25, -0.2) is 4.98 Å². The first-order valence-electron chi connectivity index (χ1n) is 12.0. The summed E-state index contributed by atoms with van der Waals surface area (Å²) in [4.78, 5) is 6.32. The van der Waals surface area contributed by atoms with Crippen molar-refractivity contribution >= 4 is 11.6 Å². The van der Waals surface area contributed by atoms with Gasteiger partial charge in [-0.1, -0.05) is 23.7 Å². The van der Waals surface area contributed by atoms with Gasteiger partial charge in [0.2, 0.25) is 0 Å². The molecule has 2 aromatic carbocycles. The number of aromatic nitrogens is 2. The lowest BCUT2D eigenvalue weighted by atomic mass is 9.93. The highest BCUT2D eigenvalue weighted by atomic mass is 35.5. The van der Waals surface area contributed by atoms with Crippen LogP contribution in [0.5, 0.6) is 17.2 Å². The Balaban J connectivity index is 1.33. The maximum Gasteiger partial charge on any atom is 0.161 e. The van der Waals surface area contributed by atoms with Crippen LogP contribution in [-0.4, -0.2) is 58.6 Å². The average molecular weight is 500 g/mol. The zero-order valence-corrected chi connectivity index (χ0v) is 21.2. The lowest BCUT2D eigenvalue weighted by Gasteiger charge is -2.39. The summed E-state index contributed by atoms with van der Waals surface area (Å²) in [6, 6.07) is 11.7. The minimum atomic E-state index is -0.926. The van der Waals surface area contributed by atoms with Crippen LogP contribution in [0.1, 0.15) is 30.4 Å². The van der Waals surface area contributed by atoms with E-state index in [2.05, 4.69) is 9.88 Å². The molecule has 0 saturated carbocycles. The molecule has 0 amide bonds. The number of piperidine rings is 1. The Hall–Kier alpha value is -2.74. The van der Waals surface area contributed by atoms with Gasteiger partial charge in [0.1, 0.15) is 18.0 Å². The maximum atomic E-state index is 11.2. The van der Waals surface area contributed by atoms with Crippen LogP contribution in [0.15, 0.2) is 55.1 Å². The molecule has 1 saturated heterocycles. The third-order valence-corrected chi connectivity index (χ3v) is 6.54. The summed E-state index contributed by atoms with van der Waals surface area (Å²) < 4.78 is 19.5. The van der Waals surface area contributed by atoms with E-state index in [1.54, 1.807) is 13.3 Å². The molecule has 8 heteroatoms. The van der Waals surface area contributed by atoms with Crippen LogP contribution in [0.25, 0.3) is 0 Å². The quantitative estimate of drug-likeness (QED) is 0.385. The number of halogens is 1. The van der Waals surface area contributed by atoms with Gasteiger partial charge in [-0.05, 0) is 68.1 Å². The Morgan fingerprint density at radius 2 is 2.00 bits per heavy atom. The fourth-order valence-corrected chi connectivity index (χ4v) is 4.60. The van der Waals surface area contributed by atoms with E-state index in [0.717, 1.165) is 48.6 Å². The van der Waals surface area contributed by atoms with E-state index in [-0.39, 0.29) is 6.61 Å². The van der Waals surface area contributed by atoms with Crippen molar-refractivity contribution in [1.29, 1.82) is 0 Å². The summed E-state index contributed by atoms with van der Waals surface area (Å²) >= 11 is 6.26. The molecule has 1 aliphatic heterocycles. The molecule has 1 fully saturated rings. The second-order valence-corrected chi connectivity index (χ2v) is 9.66. The number of methoxy groups -OCH3 is 1. The van der Waals surface area contributed by atoms with Crippen LogP contribution >= 0.6 is 11.6 Å². The molecule has 35 heavy (non-hydrogen) atoms. The molecule has 2 heterocycles. The fraction of sp³-hybridized carbons (Fsp3) is 0.444. The number of likely N-dealkylation sites (tertiary alicyclic amines) is 1. The number of ether oxygens (including phenoxy) is 3. The number of imidazole rings is 1. The van der Waals surface area contributed by atoms with Crippen LogP contribution in [0, 0.1) is 6.92 Å². The van der Waals surface area contributed by atoms with Crippen molar-refractivity contribution in [3.05, 3.63) is 71.3 Å². The van der Waals surface area contributed by atoms with E-state index in [9.17, 15) is 5.11 Å². The van der Waals surface area contributed by atoms with Gasteiger partial charge in [0.15, 0.2) is 11.5 Å². The third-order valence-electron chi connectivity index (χ3n) is 6.23. The Kier molecular flexibility index (Phi) is 8.55. The number of hydrogen-bond acceptors (Lipinski definition) is 6. The zero-order valence-electron chi connectivity index (χ0n) is 20.5. The summed E-state index contributed by atoms with van der Waals surface area (Å²) in [6.07, 6.45) is 7.99. The largest absolute Gasteiger partial charge is 0.493 e. The summed E-state index contributed by atoms with van der Waals surface area (Å²) in [6.45, 7) is 5.80. The summed E-state index contributed by atoms with van der Waals surface area (Å²) in [5.74, 6) is 2.07. The molecule has 188 valence electrons. The molecule has 4 rings (SSSR count). The van der Waals surface area contributed by atoms with Crippen LogP contribution < -0.4 is 14.2 Å². The first kappa shape index (κ1) is 25.4. The first-order chi connectivity index (χ1) is 16.9. The predicted octanol–water partition coefficient (Wildman–Crippen LogP) is 4.73. The molecule has 0 spiro atoms. The van der Waals surface area contributed by atoms with Crippen molar-refractivity contribution in [3.8, 4) is 17.2 Å². The van der Waals surface area contributed by atoms with E-state index in [4.69, 9.17) is 25.8 Å². The molecular formula is C27H34ClN3O4. The van der Waals surface area contributed by atoms with Gasteiger partial charge in [0.05, 0.1) is 25.1 Å². The SMILES string of the molecule is COc1ccc(CN2CCCC(O)(COc3cc(C)ccc3Cl)C2)cc1OCCCn1ccnc1. The van der Waals surface area contributed by atoms with Gasteiger partial charge in [-0.3, -0.25) is 4.90 Å². The van der Waals surface area contributed by atoms with E-state index >= 15 is 0 Å². The number of nitrogens with zero attached hydrogens (tertiary/aromatic N) is 3. The molecule has 1 N–H and O–H groups in total. The molecule has 0 aliphatic carbocycles. The minimum Gasteiger partial charge on any atom is -0.493 e. The monoisotopic (exact) mass is 499 g/mol. The van der Waals surface area contributed by atoms with Crippen molar-refractivity contribution in [2.24, 2.45) is 0 Å². The van der Waals surface area contributed by atoms with Gasteiger partial charge in [0.25, 0.3) is 0 Å². The van der Waals surface area contributed by atoms with E-state index in [1.807, 2.05) is 60.4 Å². The van der Waals surface area contributed by atoms with Gasteiger partial charge >= 0.3 is 0 Å². The second-order valence-electron chi connectivity index (χ2n) is 9.25. The normalized spacial score (nSPS) is 18.4. The Morgan fingerprint density at radius 1 is 1.11 bits per heavy atom. The molecule has 3 aromatic rings. The van der Waals surface area contributed by atoms with Gasteiger partial charge < -0.3 is 23.9 Å². The van der Waals surface area contributed by atoms with Gasteiger partial charge in [-0.2, -0.15) is 0 Å².